The molecule has 0 fully saturated rings. The van der Waals surface area contributed by atoms with Crippen molar-refractivity contribution < 1.29 is 0 Å². The number of hydrogen-bond acceptors (Lipinski definition) is 2. The Labute approximate surface area is 322 Å². The number of halogens is 4. The Morgan fingerprint density at radius 2 is 0.760 bits per heavy atom. The second kappa shape index (κ2) is 14.6. The summed E-state index contributed by atoms with van der Waals surface area (Å²) in [5, 5.41) is 12.8. The lowest BCUT2D eigenvalue weighted by atomic mass is 9.92. The van der Waals surface area contributed by atoms with E-state index in [0.29, 0.717) is 54.7 Å². The van der Waals surface area contributed by atoms with Crippen molar-refractivity contribution in [3.8, 4) is 22.9 Å². The number of hydrogen-bond donors (Lipinski definition) is 2. The zero-order valence-electron chi connectivity index (χ0n) is 31.4. The monoisotopic (exact) mass is 778 g/mol. The van der Waals surface area contributed by atoms with E-state index in [4.69, 9.17) is 46.4 Å². The normalized spacial score (nSPS) is 13.1. The minimum absolute atomic E-state index is 0.210. The first-order valence-electron chi connectivity index (χ1n) is 17.9. The molecule has 0 bridgehead atoms. The molecular formula is C42H50Cl4N2Si2. The van der Waals surface area contributed by atoms with Crippen molar-refractivity contribution in [1.82, 2.24) is 0 Å². The number of rotatable bonds is 6. The zero-order chi connectivity index (χ0) is 37.0. The highest BCUT2D eigenvalue weighted by Crippen LogP contribution is 2.55. The third-order valence-electron chi connectivity index (χ3n) is 11.5. The fourth-order valence-corrected chi connectivity index (χ4v) is 20.4. The zero-order valence-corrected chi connectivity index (χ0v) is 36.5. The van der Waals surface area contributed by atoms with Gasteiger partial charge in [-0.1, -0.05) is 166 Å². The lowest BCUT2D eigenvalue weighted by molar-refractivity contribution is 0.838. The first-order valence-corrected chi connectivity index (χ1v) is 23.9. The number of nitrogens with one attached hydrogen (secondary N) is 2. The van der Waals surface area contributed by atoms with Crippen LogP contribution < -0.4 is 10.6 Å². The summed E-state index contributed by atoms with van der Waals surface area (Å²) in [6, 6.07) is 13.1. The SMILES string of the molecule is CC(C)[Si](C#Cc1c2c(c(C#C[Si](C(C)C)(C(C)C)C(C)C)c3cc4ccccc4cc13)Nc1c(Cl)c(Cl)c(Cl)c(Cl)c1N2)(C(C)C)C(C)C. The van der Waals surface area contributed by atoms with Crippen LogP contribution in [0.25, 0.3) is 21.5 Å². The number of anilines is 4. The lowest BCUT2D eigenvalue weighted by Crippen LogP contribution is -2.43. The molecule has 8 heteroatoms. The average molecular weight is 781 g/mol. The van der Waals surface area contributed by atoms with E-state index in [-0.39, 0.29) is 10.0 Å². The molecule has 2 nitrogen and oxygen atoms in total. The second-order valence-electron chi connectivity index (χ2n) is 15.8. The summed E-state index contributed by atoms with van der Waals surface area (Å²) in [6.07, 6.45) is 0. The van der Waals surface area contributed by atoms with E-state index in [1.165, 1.54) is 0 Å². The molecule has 0 saturated heterocycles. The maximum Gasteiger partial charge on any atom is 0.146 e. The van der Waals surface area contributed by atoms with Crippen molar-refractivity contribution in [3.05, 3.63) is 67.6 Å². The van der Waals surface area contributed by atoms with Crippen LogP contribution in [0.4, 0.5) is 22.7 Å². The van der Waals surface area contributed by atoms with Crippen molar-refractivity contribution >= 4 is 107 Å². The van der Waals surface area contributed by atoms with Crippen LogP contribution in [0.3, 0.4) is 0 Å². The van der Waals surface area contributed by atoms with Crippen molar-refractivity contribution in [3.63, 3.8) is 0 Å². The highest BCUT2D eigenvalue weighted by molar-refractivity contribution is 6.91. The van der Waals surface area contributed by atoms with Crippen LogP contribution in [0.2, 0.25) is 53.3 Å². The van der Waals surface area contributed by atoms with Crippen molar-refractivity contribution in [2.24, 2.45) is 0 Å². The molecule has 1 heterocycles. The van der Waals surface area contributed by atoms with Gasteiger partial charge in [-0.3, -0.25) is 0 Å². The largest absolute Gasteiger partial charge is 0.350 e. The smallest absolute Gasteiger partial charge is 0.146 e. The molecule has 0 amide bonds. The van der Waals surface area contributed by atoms with Crippen LogP contribution in [-0.4, -0.2) is 16.1 Å². The summed E-state index contributed by atoms with van der Waals surface area (Å²) in [4.78, 5) is 0. The summed E-state index contributed by atoms with van der Waals surface area (Å²) in [7, 11) is -4.23. The quantitative estimate of drug-likeness (QED) is 0.0590. The van der Waals surface area contributed by atoms with Gasteiger partial charge in [0.2, 0.25) is 0 Å². The molecule has 0 unspecified atom stereocenters. The molecule has 0 saturated carbocycles. The molecule has 4 aromatic rings. The molecule has 50 heavy (non-hydrogen) atoms. The van der Waals surface area contributed by atoms with Gasteiger partial charge in [0.05, 0.1) is 54.0 Å². The Morgan fingerprint density at radius 1 is 0.460 bits per heavy atom. The maximum atomic E-state index is 6.91. The van der Waals surface area contributed by atoms with Crippen LogP contribution in [0.5, 0.6) is 0 Å². The van der Waals surface area contributed by atoms with Gasteiger partial charge in [0, 0.05) is 10.8 Å². The summed E-state index contributed by atoms with van der Waals surface area (Å²) < 4.78 is 0. The summed E-state index contributed by atoms with van der Waals surface area (Å²) >= 11 is 27.1. The Morgan fingerprint density at radius 3 is 1.04 bits per heavy atom. The van der Waals surface area contributed by atoms with Gasteiger partial charge in [-0.2, -0.15) is 0 Å². The Bertz CT molecular complexity index is 1920. The minimum atomic E-state index is -2.11. The molecule has 5 rings (SSSR count). The summed E-state index contributed by atoms with van der Waals surface area (Å²) in [6.45, 7) is 28.1. The first-order chi connectivity index (χ1) is 23.4. The van der Waals surface area contributed by atoms with Gasteiger partial charge >= 0.3 is 0 Å². The summed E-state index contributed by atoms with van der Waals surface area (Å²) in [5.41, 5.74) is 15.6. The van der Waals surface area contributed by atoms with Gasteiger partial charge in [-0.05, 0) is 56.2 Å². The van der Waals surface area contributed by atoms with E-state index in [2.05, 4.69) is 153 Å². The predicted octanol–water partition coefficient (Wildman–Crippen LogP) is 15.5. The maximum absolute atomic E-state index is 6.91. The molecular weight excluding hydrogens is 730 g/mol. The molecule has 0 radical (unpaired) electrons. The van der Waals surface area contributed by atoms with Crippen LogP contribution >= 0.6 is 46.4 Å². The molecule has 0 aliphatic carbocycles. The van der Waals surface area contributed by atoms with Gasteiger partial charge in [0.1, 0.15) is 16.1 Å². The molecule has 264 valence electrons. The van der Waals surface area contributed by atoms with Crippen molar-refractivity contribution in [1.29, 1.82) is 0 Å². The highest BCUT2D eigenvalue weighted by atomic mass is 35.5. The topological polar surface area (TPSA) is 24.1 Å². The third kappa shape index (κ3) is 6.27. The fraction of sp³-hybridized carbons (Fsp3) is 0.429. The Kier molecular flexibility index (Phi) is 11.4. The van der Waals surface area contributed by atoms with E-state index in [0.717, 1.165) is 44.0 Å². The molecule has 0 spiro atoms. The van der Waals surface area contributed by atoms with Crippen LogP contribution in [0.1, 0.15) is 94.2 Å². The number of benzene rings is 4. The van der Waals surface area contributed by atoms with Crippen LogP contribution in [-0.2, 0) is 0 Å². The van der Waals surface area contributed by atoms with Crippen LogP contribution in [0, 0.1) is 22.9 Å². The van der Waals surface area contributed by atoms with E-state index >= 15 is 0 Å². The Hall–Kier alpha value is -2.29. The minimum Gasteiger partial charge on any atom is -0.350 e. The van der Waals surface area contributed by atoms with Crippen LogP contribution in [0.15, 0.2) is 36.4 Å². The molecule has 1 aliphatic heterocycles. The highest BCUT2D eigenvalue weighted by Gasteiger charge is 2.43. The molecule has 0 atom stereocenters. The number of fused-ring (bicyclic) bond motifs is 4. The molecule has 2 N–H and O–H groups in total. The Balaban J connectivity index is 2.01. The van der Waals surface area contributed by atoms with Crippen molar-refractivity contribution in [2.45, 2.75) is 116 Å². The van der Waals surface area contributed by atoms with Gasteiger partial charge in [-0.25, -0.2) is 0 Å². The molecule has 4 aromatic carbocycles. The third-order valence-corrected chi connectivity index (χ3v) is 25.9. The predicted molar refractivity (Wildman–Crippen MR) is 230 cm³/mol. The van der Waals surface area contributed by atoms with E-state index in [9.17, 15) is 0 Å². The first kappa shape index (κ1) is 38.9. The average Bonchev–Trinajstić information content (AvgIpc) is 3.05. The van der Waals surface area contributed by atoms with Crippen molar-refractivity contribution in [2.75, 3.05) is 10.6 Å². The standard InChI is InChI=1S/C42H50Cl4N2Si2/c1-23(2)49(24(3)4,25(5)6)19-17-31-33-21-29-15-13-14-16-30(29)22-34(33)32(18-20-50(26(7)8,27(9)10)28(11)12)40-39(31)47-41-37(45)35(43)36(44)38(46)42(41)48-40/h13-16,21-28,47-48H,1-12H3. The van der Waals surface area contributed by atoms with E-state index in [1.807, 2.05) is 0 Å². The summed E-state index contributed by atoms with van der Waals surface area (Å²) in [5.74, 6) is 7.69. The fourth-order valence-electron chi connectivity index (χ4n) is 9.01. The van der Waals surface area contributed by atoms with Gasteiger partial charge in [0.15, 0.2) is 0 Å². The molecule has 1 aliphatic rings. The van der Waals surface area contributed by atoms with Gasteiger partial charge < -0.3 is 10.6 Å². The van der Waals surface area contributed by atoms with E-state index < -0.39 is 16.1 Å². The molecule has 0 aromatic heterocycles. The van der Waals surface area contributed by atoms with E-state index in [1.54, 1.807) is 0 Å². The van der Waals surface area contributed by atoms with Gasteiger partial charge in [-0.15, -0.1) is 11.1 Å². The lowest BCUT2D eigenvalue weighted by Gasteiger charge is -2.38. The second-order valence-corrected chi connectivity index (χ2v) is 28.5. The van der Waals surface area contributed by atoms with Gasteiger partial charge in [0.25, 0.3) is 0 Å².